The maximum absolute atomic E-state index is 12.7. The summed E-state index contributed by atoms with van der Waals surface area (Å²) in [4.78, 5) is 20.7. The molecular weight excluding hydrogens is 368 g/mol. The molecule has 1 aromatic heterocycles. The fourth-order valence-electron chi connectivity index (χ4n) is 3.59. The van der Waals surface area contributed by atoms with Crippen LogP contribution in [-0.4, -0.2) is 47.7 Å². The Hall–Kier alpha value is -3.06. The van der Waals surface area contributed by atoms with E-state index < -0.39 is 0 Å². The number of methoxy groups -OCH3 is 1. The average molecular weight is 394 g/mol. The molecule has 0 aliphatic carbocycles. The molecule has 2 aromatic carbocycles. The first kappa shape index (κ1) is 19.3. The highest BCUT2D eigenvalue weighted by Crippen LogP contribution is 2.31. The van der Waals surface area contributed by atoms with E-state index in [9.17, 15) is 4.79 Å². The maximum Gasteiger partial charge on any atom is 0.265 e. The van der Waals surface area contributed by atoms with Crippen LogP contribution >= 0.6 is 0 Å². The lowest BCUT2D eigenvalue weighted by Crippen LogP contribution is -2.45. The number of hydrazine groups is 1. The number of hydrogen-bond acceptors (Lipinski definition) is 5. The molecule has 7 heteroatoms. The lowest BCUT2D eigenvalue weighted by atomic mass is 10.1. The minimum absolute atomic E-state index is 0.117. The highest BCUT2D eigenvalue weighted by molar-refractivity contribution is 5.95. The SMILES string of the molecule is CCOc1cc(C(=O)NN2CCCCC2)ccc1-c1nc2ccc(OC)cc2[nH]1. The predicted molar refractivity (Wildman–Crippen MR) is 112 cm³/mol. The predicted octanol–water partition coefficient (Wildman–Crippen LogP) is 3.77. The normalized spacial score (nSPS) is 14.7. The number of imidazole rings is 1. The molecule has 152 valence electrons. The number of H-pyrrole nitrogens is 1. The summed E-state index contributed by atoms with van der Waals surface area (Å²) in [5.41, 5.74) is 6.11. The largest absolute Gasteiger partial charge is 0.497 e. The van der Waals surface area contributed by atoms with Crippen LogP contribution < -0.4 is 14.9 Å². The highest BCUT2D eigenvalue weighted by atomic mass is 16.5. The number of fused-ring (bicyclic) bond motifs is 1. The van der Waals surface area contributed by atoms with Crippen molar-refractivity contribution in [2.24, 2.45) is 0 Å². The van der Waals surface area contributed by atoms with Crippen molar-refractivity contribution >= 4 is 16.9 Å². The average Bonchev–Trinajstić information content (AvgIpc) is 3.17. The van der Waals surface area contributed by atoms with Crippen LogP contribution in [-0.2, 0) is 0 Å². The van der Waals surface area contributed by atoms with Gasteiger partial charge < -0.3 is 14.5 Å². The molecule has 3 aromatic rings. The summed E-state index contributed by atoms with van der Waals surface area (Å²) in [5.74, 6) is 1.97. The summed E-state index contributed by atoms with van der Waals surface area (Å²) in [6.07, 6.45) is 3.44. The van der Waals surface area contributed by atoms with E-state index in [4.69, 9.17) is 9.47 Å². The maximum atomic E-state index is 12.7. The van der Waals surface area contributed by atoms with E-state index in [2.05, 4.69) is 15.4 Å². The molecule has 29 heavy (non-hydrogen) atoms. The number of benzene rings is 2. The smallest absolute Gasteiger partial charge is 0.265 e. The summed E-state index contributed by atoms with van der Waals surface area (Å²) >= 11 is 0. The Bertz CT molecular complexity index is 1010. The van der Waals surface area contributed by atoms with Crippen LogP contribution in [0.1, 0.15) is 36.5 Å². The standard InChI is InChI=1S/C22H26N4O3/c1-3-29-20-13-15(22(27)25-26-11-5-4-6-12-26)7-9-17(20)21-23-18-10-8-16(28-2)14-19(18)24-21/h7-10,13-14H,3-6,11-12H2,1-2H3,(H,23,24)(H,25,27). The minimum Gasteiger partial charge on any atom is -0.497 e. The monoisotopic (exact) mass is 394 g/mol. The second-order valence-electron chi connectivity index (χ2n) is 7.10. The van der Waals surface area contributed by atoms with Crippen molar-refractivity contribution in [3.63, 3.8) is 0 Å². The number of aromatic nitrogens is 2. The summed E-state index contributed by atoms with van der Waals surface area (Å²) < 4.78 is 11.1. The molecule has 2 heterocycles. The number of nitrogens with zero attached hydrogens (tertiary/aromatic N) is 2. The molecule has 1 aliphatic rings. The molecule has 0 saturated carbocycles. The second kappa shape index (κ2) is 8.53. The lowest BCUT2D eigenvalue weighted by Gasteiger charge is -2.26. The van der Waals surface area contributed by atoms with Gasteiger partial charge in [0.1, 0.15) is 17.3 Å². The van der Waals surface area contributed by atoms with E-state index in [1.807, 2.05) is 42.3 Å². The molecule has 2 N–H and O–H groups in total. The van der Waals surface area contributed by atoms with Gasteiger partial charge in [0.15, 0.2) is 0 Å². The fourth-order valence-corrected chi connectivity index (χ4v) is 3.59. The number of aromatic amines is 1. The molecule has 0 radical (unpaired) electrons. The van der Waals surface area contributed by atoms with Gasteiger partial charge in [-0.25, -0.2) is 9.99 Å². The first-order chi connectivity index (χ1) is 14.2. The van der Waals surface area contributed by atoms with Crippen molar-refractivity contribution in [3.8, 4) is 22.9 Å². The van der Waals surface area contributed by atoms with Crippen LogP contribution in [0.3, 0.4) is 0 Å². The van der Waals surface area contributed by atoms with Crippen LogP contribution in [0, 0.1) is 0 Å². The van der Waals surface area contributed by atoms with Crippen molar-refractivity contribution < 1.29 is 14.3 Å². The van der Waals surface area contributed by atoms with E-state index in [1.165, 1.54) is 6.42 Å². The number of amides is 1. The van der Waals surface area contributed by atoms with Crippen LogP contribution in [0.5, 0.6) is 11.5 Å². The molecule has 7 nitrogen and oxygen atoms in total. The molecule has 0 spiro atoms. The van der Waals surface area contributed by atoms with Crippen molar-refractivity contribution in [2.75, 3.05) is 26.8 Å². The van der Waals surface area contributed by atoms with Gasteiger partial charge in [0.25, 0.3) is 5.91 Å². The summed E-state index contributed by atoms with van der Waals surface area (Å²) in [7, 11) is 1.64. The zero-order valence-corrected chi connectivity index (χ0v) is 16.8. The molecule has 0 bridgehead atoms. The first-order valence-corrected chi connectivity index (χ1v) is 10.0. The molecular formula is C22H26N4O3. The third kappa shape index (κ3) is 4.19. The van der Waals surface area contributed by atoms with Crippen molar-refractivity contribution in [1.29, 1.82) is 0 Å². The Labute approximate surface area is 170 Å². The van der Waals surface area contributed by atoms with Gasteiger partial charge in [0.2, 0.25) is 0 Å². The van der Waals surface area contributed by atoms with Gasteiger partial charge in [0.05, 0.1) is 30.3 Å². The van der Waals surface area contributed by atoms with Gasteiger partial charge in [-0.3, -0.25) is 10.2 Å². The van der Waals surface area contributed by atoms with Crippen molar-refractivity contribution in [2.45, 2.75) is 26.2 Å². The van der Waals surface area contributed by atoms with Crippen molar-refractivity contribution in [3.05, 3.63) is 42.0 Å². The molecule has 1 fully saturated rings. The van der Waals surface area contributed by atoms with Crippen LogP contribution in [0.25, 0.3) is 22.4 Å². The number of ether oxygens (including phenoxy) is 2. The van der Waals surface area contributed by atoms with Gasteiger partial charge in [-0.2, -0.15) is 0 Å². The quantitative estimate of drug-likeness (QED) is 0.665. The molecule has 1 aliphatic heterocycles. The first-order valence-electron chi connectivity index (χ1n) is 10.0. The van der Waals surface area contributed by atoms with E-state index in [0.717, 1.165) is 48.3 Å². The van der Waals surface area contributed by atoms with Crippen LogP contribution in [0.4, 0.5) is 0 Å². The molecule has 4 rings (SSSR count). The lowest BCUT2D eigenvalue weighted by molar-refractivity contribution is 0.0749. The number of rotatable bonds is 6. The number of carbonyl (C=O) groups excluding carboxylic acids is 1. The Kier molecular flexibility index (Phi) is 5.67. The van der Waals surface area contributed by atoms with Crippen LogP contribution in [0.15, 0.2) is 36.4 Å². The molecule has 1 amide bonds. The third-order valence-electron chi connectivity index (χ3n) is 5.10. The number of hydrogen-bond donors (Lipinski definition) is 2. The zero-order valence-electron chi connectivity index (χ0n) is 16.8. The second-order valence-corrected chi connectivity index (χ2v) is 7.10. The van der Waals surface area contributed by atoms with Gasteiger partial charge in [0, 0.05) is 24.7 Å². The van der Waals surface area contributed by atoms with E-state index >= 15 is 0 Å². The van der Waals surface area contributed by atoms with Gasteiger partial charge in [-0.15, -0.1) is 0 Å². The number of piperidine rings is 1. The Morgan fingerprint density at radius 3 is 2.76 bits per heavy atom. The minimum atomic E-state index is -0.117. The van der Waals surface area contributed by atoms with Gasteiger partial charge in [-0.05, 0) is 50.1 Å². The third-order valence-corrected chi connectivity index (χ3v) is 5.10. The summed E-state index contributed by atoms with van der Waals surface area (Å²) in [6.45, 7) is 4.21. The van der Waals surface area contributed by atoms with E-state index in [0.29, 0.717) is 23.7 Å². The van der Waals surface area contributed by atoms with Crippen LogP contribution in [0.2, 0.25) is 0 Å². The van der Waals surface area contributed by atoms with Gasteiger partial charge in [-0.1, -0.05) is 6.42 Å². The molecule has 1 saturated heterocycles. The fraction of sp³-hybridized carbons (Fsp3) is 0.364. The zero-order chi connectivity index (χ0) is 20.2. The molecule has 0 atom stereocenters. The number of carbonyl (C=O) groups is 1. The highest BCUT2D eigenvalue weighted by Gasteiger charge is 2.17. The topological polar surface area (TPSA) is 79.5 Å². The Balaban J connectivity index is 1.62. The Morgan fingerprint density at radius 1 is 1.17 bits per heavy atom. The summed E-state index contributed by atoms with van der Waals surface area (Å²) in [6, 6.07) is 11.2. The van der Waals surface area contributed by atoms with Crippen molar-refractivity contribution in [1.82, 2.24) is 20.4 Å². The Morgan fingerprint density at radius 2 is 2.00 bits per heavy atom. The van der Waals surface area contributed by atoms with Gasteiger partial charge >= 0.3 is 0 Å². The van der Waals surface area contributed by atoms with E-state index in [-0.39, 0.29) is 5.91 Å². The summed E-state index contributed by atoms with van der Waals surface area (Å²) in [5, 5.41) is 1.99. The number of nitrogens with one attached hydrogen (secondary N) is 2. The molecule has 0 unspecified atom stereocenters. The van der Waals surface area contributed by atoms with E-state index in [1.54, 1.807) is 13.2 Å².